The van der Waals surface area contributed by atoms with Crippen molar-refractivity contribution in [3.05, 3.63) is 48.3 Å². The Morgan fingerprint density at radius 1 is 1.12 bits per heavy atom. The molecule has 24 heavy (non-hydrogen) atoms. The molecular formula is C18H20N4OS. The van der Waals surface area contributed by atoms with Crippen LogP contribution in [0.15, 0.2) is 42.6 Å². The molecule has 1 aliphatic rings. The number of anilines is 1. The van der Waals surface area contributed by atoms with Gasteiger partial charge in [-0.05, 0) is 24.3 Å². The summed E-state index contributed by atoms with van der Waals surface area (Å²) in [6.07, 6.45) is 1.86. The fraction of sp³-hybridized carbons (Fsp3) is 0.333. The number of aromatic nitrogens is 2. The van der Waals surface area contributed by atoms with Crippen molar-refractivity contribution in [1.82, 2.24) is 14.9 Å². The number of piperazine rings is 1. The van der Waals surface area contributed by atoms with Crippen LogP contribution < -0.4 is 9.64 Å². The van der Waals surface area contributed by atoms with E-state index in [0.29, 0.717) is 0 Å². The summed E-state index contributed by atoms with van der Waals surface area (Å²) in [5.74, 6) is 0.861. The molecule has 0 unspecified atom stereocenters. The van der Waals surface area contributed by atoms with Crippen LogP contribution in [0.2, 0.25) is 0 Å². The van der Waals surface area contributed by atoms with Gasteiger partial charge in [-0.1, -0.05) is 17.4 Å². The van der Waals surface area contributed by atoms with Gasteiger partial charge in [0.15, 0.2) is 5.13 Å². The van der Waals surface area contributed by atoms with Crippen LogP contribution in [0.4, 0.5) is 5.13 Å². The monoisotopic (exact) mass is 340 g/mol. The van der Waals surface area contributed by atoms with Gasteiger partial charge in [0.25, 0.3) is 0 Å². The molecule has 124 valence electrons. The SMILES string of the molecule is COc1ccc2sc(N3CCN(Cc4ccccn4)CC3)nc2c1. The Balaban J connectivity index is 1.42. The number of ether oxygens (including phenoxy) is 1. The molecule has 0 amide bonds. The van der Waals surface area contributed by atoms with Gasteiger partial charge in [0, 0.05) is 45.0 Å². The van der Waals surface area contributed by atoms with Crippen LogP contribution in [0, 0.1) is 0 Å². The molecule has 5 nitrogen and oxygen atoms in total. The van der Waals surface area contributed by atoms with Crippen LogP contribution in [0.25, 0.3) is 10.2 Å². The zero-order valence-corrected chi connectivity index (χ0v) is 14.5. The van der Waals surface area contributed by atoms with Crippen molar-refractivity contribution in [1.29, 1.82) is 0 Å². The van der Waals surface area contributed by atoms with Gasteiger partial charge < -0.3 is 9.64 Å². The molecule has 1 aliphatic heterocycles. The Bertz CT molecular complexity index is 812. The molecule has 1 fully saturated rings. The maximum absolute atomic E-state index is 5.29. The minimum atomic E-state index is 0.861. The number of nitrogens with zero attached hydrogens (tertiary/aromatic N) is 4. The first-order chi connectivity index (χ1) is 11.8. The summed E-state index contributed by atoms with van der Waals surface area (Å²) >= 11 is 1.76. The number of pyridine rings is 1. The summed E-state index contributed by atoms with van der Waals surface area (Å²) < 4.78 is 6.50. The quantitative estimate of drug-likeness (QED) is 0.730. The Labute approximate surface area is 145 Å². The van der Waals surface area contributed by atoms with Crippen molar-refractivity contribution in [2.45, 2.75) is 6.54 Å². The van der Waals surface area contributed by atoms with Crippen molar-refractivity contribution in [2.24, 2.45) is 0 Å². The van der Waals surface area contributed by atoms with Crippen LogP contribution in [0.5, 0.6) is 5.75 Å². The molecule has 3 aromatic rings. The van der Waals surface area contributed by atoms with Crippen molar-refractivity contribution in [3.63, 3.8) is 0 Å². The van der Waals surface area contributed by atoms with E-state index in [1.807, 2.05) is 30.5 Å². The van der Waals surface area contributed by atoms with E-state index in [4.69, 9.17) is 9.72 Å². The standard InChI is InChI=1S/C18H20N4OS/c1-23-15-5-6-17-16(12-15)20-18(24-17)22-10-8-21(9-11-22)13-14-4-2-3-7-19-14/h2-7,12H,8-11,13H2,1H3. The number of thiazole rings is 1. The van der Waals surface area contributed by atoms with E-state index in [1.165, 1.54) is 4.70 Å². The van der Waals surface area contributed by atoms with Gasteiger partial charge in [-0.2, -0.15) is 0 Å². The normalized spacial score (nSPS) is 15.8. The van der Waals surface area contributed by atoms with Crippen molar-refractivity contribution in [3.8, 4) is 5.75 Å². The Morgan fingerprint density at radius 2 is 2.00 bits per heavy atom. The van der Waals surface area contributed by atoms with Gasteiger partial charge in [-0.25, -0.2) is 4.98 Å². The van der Waals surface area contributed by atoms with Crippen LogP contribution in [0.1, 0.15) is 5.69 Å². The first-order valence-electron chi connectivity index (χ1n) is 8.13. The first kappa shape index (κ1) is 15.4. The summed E-state index contributed by atoms with van der Waals surface area (Å²) in [7, 11) is 1.69. The predicted molar refractivity (Wildman–Crippen MR) is 97.9 cm³/mol. The minimum absolute atomic E-state index is 0.861. The molecule has 0 spiro atoms. The second-order valence-corrected chi connectivity index (χ2v) is 6.92. The minimum Gasteiger partial charge on any atom is -0.497 e. The van der Waals surface area contributed by atoms with E-state index in [0.717, 1.165) is 54.8 Å². The second kappa shape index (κ2) is 6.75. The van der Waals surface area contributed by atoms with Gasteiger partial charge in [0.05, 0.1) is 23.0 Å². The van der Waals surface area contributed by atoms with Gasteiger partial charge in [-0.15, -0.1) is 0 Å². The first-order valence-corrected chi connectivity index (χ1v) is 8.95. The van der Waals surface area contributed by atoms with Crippen LogP contribution >= 0.6 is 11.3 Å². The third-order valence-electron chi connectivity index (χ3n) is 4.34. The lowest BCUT2D eigenvalue weighted by molar-refractivity contribution is 0.247. The lowest BCUT2D eigenvalue weighted by atomic mass is 10.3. The maximum atomic E-state index is 5.29. The van der Waals surface area contributed by atoms with Crippen molar-refractivity contribution in [2.75, 3.05) is 38.2 Å². The average Bonchev–Trinajstić information content (AvgIpc) is 3.06. The molecule has 0 N–H and O–H groups in total. The van der Waals surface area contributed by atoms with Gasteiger partial charge in [-0.3, -0.25) is 9.88 Å². The zero-order valence-electron chi connectivity index (χ0n) is 13.7. The Hall–Kier alpha value is -2.18. The number of fused-ring (bicyclic) bond motifs is 1. The van der Waals surface area contributed by atoms with E-state index in [-0.39, 0.29) is 0 Å². The highest BCUT2D eigenvalue weighted by Crippen LogP contribution is 2.31. The van der Waals surface area contributed by atoms with E-state index >= 15 is 0 Å². The van der Waals surface area contributed by atoms with Gasteiger partial charge in [0.1, 0.15) is 5.75 Å². The molecule has 0 atom stereocenters. The van der Waals surface area contributed by atoms with E-state index in [1.54, 1.807) is 18.4 Å². The van der Waals surface area contributed by atoms with Crippen LogP contribution in [-0.2, 0) is 6.54 Å². The largest absolute Gasteiger partial charge is 0.497 e. The second-order valence-electron chi connectivity index (χ2n) is 5.91. The fourth-order valence-corrected chi connectivity index (χ4v) is 3.97. The van der Waals surface area contributed by atoms with Crippen molar-refractivity contribution < 1.29 is 4.74 Å². The smallest absolute Gasteiger partial charge is 0.186 e. The molecule has 2 aromatic heterocycles. The molecular weight excluding hydrogens is 320 g/mol. The van der Waals surface area contributed by atoms with E-state index in [2.05, 4.69) is 26.9 Å². The number of hydrogen-bond acceptors (Lipinski definition) is 6. The summed E-state index contributed by atoms with van der Waals surface area (Å²) in [6, 6.07) is 12.2. The number of benzene rings is 1. The lowest BCUT2D eigenvalue weighted by Crippen LogP contribution is -2.46. The fourth-order valence-electron chi connectivity index (χ4n) is 2.98. The average molecular weight is 340 g/mol. The molecule has 0 bridgehead atoms. The molecule has 0 saturated carbocycles. The van der Waals surface area contributed by atoms with Crippen LogP contribution in [0.3, 0.4) is 0 Å². The van der Waals surface area contributed by atoms with Gasteiger partial charge in [0.2, 0.25) is 0 Å². The molecule has 0 radical (unpaired) electrons. The Kier molecular flexibility index (Phi) is 4.32. The zero-order chi connectivity index (χ0) is 16.4. The molecule has 4 rings (SSSR count). The highest BCUT2D eigenvalue weighted by molar-refractivity contribution is 7.22. The summed E-state index contributed by atoms with van der Waals surface area (Å²) in [6.45, 7) is 5.00. The van der Waals surface area contributed by atoms with E-state index < -0.39 is 0 Å². The third kappa shape index (κ3) is 3.20. The topological polar surface area (TPSA) is 41.5 Å². The van der Waals surface area contributed by atoms with Crippen LogP contribution in [-0.4, -0.2) is 48.2 Å². The van der Waals surface area contributed by atoms with Gasteiger partial charge >= 0.3 is 0 Å². The molecule has 1 aromatic carbocycles. The molecule has 3 heterocycles. The summed E-state index contributed by atoms with van der Waals surface area (Å²) in [5.41, 5.74) is 2.16. The summed E-state index contributed by atoms with van der Waals surface area (Å²) in [5, 5.41) is 1.11. The molecule has 0 aliphatic carbocycles. The van der Waals surface area contributed by atoms with Crippen molar-refractivity contribution >= 4 is 26.7 Å². The van der Waals surface area contributed by atoms with E-state index in [9.17, 15) is 0 Å². The highest BCUT2D eigenvalue weighted by atomic mass is 32.1. The highest BCUT2D eigenvalue weighted by Gasteiger charge is 2.20. The number of hydrogen-bond donors (Lipinski definition) is 0. The summed E-state index contributed by atoms with van der Waals surface area (Å²) in [4.78, 5) is 14.0. The molecule has 6 heteroatoms. The lowest BCUT2D eigenvalue weighted by Gasteiger charge is -2.34. The number of rotatable bonds is 4. The number of methoxy groups -OCH3 is 1. The third-order valence-corrected chi connectivity index (χ3v) is 5.44. The Morgan fingerprint density at radius 3 is 2.75 bits per heavy atom. The maximum Gasteiger partial charge on any atom is 0.186 e. The predicted octanol–water partition coefficient (Wildman–Crippen LogP) is 3.02. The molecule has 1 saturated heterocycles.